The lowest BCUT2D eigenvalue weighted by molar-refractivity contribution is -0.169. The molecule has 0 saturated carbocycles. The number of ether oxygens (including phenoxy) is 3. The number of unbranched alkanes of at least 4 members (excludes halogenated alkanes) is 1. The zero-order chi connectivity index (χ0) is 16.7. The lowest BCUT2D eigenvalue weighted by Crippen LogP contribution is -2.50. The van der Waals surface area contributed by atoms with Crippen molar-refractivity contribution in [3.8, 4) is 0 Å². The quantitative estimate of drug-likeness (QED) is 0.570. The Morgan fingerprint density at radius 3 is 2.65 bits per heavy atom. The molecule has 1 aromatic carbocycles. The molecule has 23 heavy (non-hydrogen) atoms. The molecule has 0 spiro atoms. The number of oxime groups is 1. The van der Waals surface area contributed by atoms with Crippen molar-refractivity contribution in [2.45, 2.75) is 38.4 Å². The molecule has 0 aliphatic carbocycles. The Balaban J connectivity index is 2.37. The predicted octanol–water partition coefficient (Wildman–Crippen LogP) is 2.62. The van der Waals surface area contributed by atoms with E-state index in [1.807, 2.05) is 30.3 Å². The van der Waals surface area contributed by atoms with E-state index in [9.17, 15) is 4.79 Å². The summed E-state index contributed by atoms with van der Waals surface area (Å²) in [6.45, 7) is 4.54. The van der Waals surface area contributed by atoms with Crippen LogP contribution in [0.25, 0.3) is 0 Å². The third kappa shape index (κ3) is 3.32. The minimum absolute atomic E-state index is 0.248. The second-order valence-electron chi connectivity index (χ2n) is 5.14. The van der Waals surface area contributed by atoms with Crippen molar-refractivity contribution in [1.29, 1.82) is 0 Å². The van der Waals surface area contributed by atoms with Crippen LogP contribution in [0, 0.1) is 0 Å². The van der Waals surface area contributed by atoms with Gasteiger partial charge in [0.2, 0.25) is 5.60 Å². The van der Waals surface area contributed by atoms with Crippen LogP contribution < -0.4 is 0 Å². The molecule has 6 nitrogen and oxygen atoms in total. The fraction of sp³-hybridized carbons (Fsp3) is 0.529. The summed E-state index contributed by atoms with van der Waals surface area (Å²) >= 11 is 0. The number of rotatable bonds is 7. The molecule has 1 aliphatic heterocycles. The summed E-state index contributed by atoms with van der Waals surface area (Å²) in [6.07, 6.45) is 0.824. The van der Waals surface area contributed by atoms with Crippen LogP contribution in [-0.4, -0.2) is 38.3 Å². The first-order valence-electron chi connectivity index (χ1n) is 7.85. The number of benzene rings is 1. The Morgan fingerprint density at radius 2 is 2.04 bits per heavy atom. The fourth-order valence-corrected chi connectivity index (χ4v) is 2.50. The van der Waals surface area contributed by atoms with Gasteiger partial charge in [0.25, 0.3) is 12.0 Å². The normalized spacial score (nSPS) is 23.1. The van der Waals surface area contributed by atoms with Gasteiger partial charge < -0.3 is 19.0 Å². The van der Waals surface area contributed by atoms with Gasteiger partial charge in [-0.1, -0.05) is 43.7 Å². The first-order chi connectivity index (χ1) is 11.2. The van der Waals surface area contributed by atoms with Crippen LogP contribution in [0.5, 0.6) is 0 Å². The van der Waals surface area contributed by atoms with E-state index < -0.39 is 17.7 Å². The van der Waals surface area contributed by atoms with Gasteiger partial charge in [0, 0.05) is 7.11 Å². The largest absolute Gasteiger partial charge is 0.476 e. The molecule has 126 valence electrons. The second kappa shape index (κ2) is 7.97. The number of hydrogen-bond acceptors (Lipinski definition) is 6. The van der Waals surface area contributed by atoms with E-state index in [0.717, 1.165) is 18.4 Å². The van der Waals surface area contributed by atoms with Crippen molar-refractivity contribution in [1.82, 2.24) is 0 Å². The van der Waals surface area contributed by atoms with E-state index in [1.165, 1.54) is 7.11 Å². The van der Waals surface area contributed by atoms with Crippen molar-refractivity contribution < 1.29 is 23.8 Å². The molecule has 2 unspecified atom stereocenters. The van der Waals surface area contributed by atoms with Crippen molar-refractivity contribution in [2.75, 3.05) is 20.3 Å². The molecule has 1 aliphatic rings. The van der Waals surface area contributed by atoms with Gasteiger partial charge in [-0.2, -0.15) is 0 Å². The highest BCUT2D eigenvalue weighted by Crippen LogP contribution is 2.38. The molecular formula is C17H23NO5. The van der Waals surface area contributed by atoms with Crippen LogP contribution in [0.4, 0.5) is 0 Å². The van der Waals surface area contributed by atoms with E-state index >= 15 is 0 Å². The third-order valence-electron chi connectivity index (χ3n) is 3.69. The number of methoxy groups -OCH3 is 1. The monoisotopic (exact) mass is 321 g/mol. The van der Waals surface area contributed by atoms with Crippen LogP contribution in [0.2, 0.25) is 0 Å². The van der Waals surface area contributed by atoms with Gasteiger partial charge in [-0.15, -0.1) is 0 Å². The third-order valence-corrected chi connectivity index (χ3v) is 3.69. The maximum atomic E-state index is 12.3. The summed E-state index contributed by atoms with van der Waals surface area (Å²) < 4.78 is 16.6. The number of esters is 1. The molecule has 6 heteroatoms. The molecule has 0 fully saturated rings. The summed E-state index contributed by atoms with van der Waals surface area (Å²) in [5.74, 6) is -0.284. The van der Waals surface area contributed by atoms with E-state index in [0.29, 0.717) is 6.61 Å². The van der Waals surface area contributed by atoms with Crippen molar-refractivity contribution >= 4 is 11.9 Å². The summed E-state index contributed by atoms with van der Waals surface area (Å²) in [4.78, 5) is 17.6. The molecule has 1 aromatic rings. The Bertz CT molecular complexity index is 545. The lowest BCUT2D eigenvalue weighted by atomic mass is 9.87. The Labute approximate surface area is 136 Å². The minimum Gasteiger partial charge on any atom is -0.476 e. The first kappa shape index (κ1) is 17.3. The topological polar surface area (TPSA) is 66.4 Å². The highest BCUT2D eigenvalue weighted by molar-refractivity contribution is 5.95. The molecule has 0 amide bonds. The highest BCUT2D eigenvalue weighted by Gasteiger charge is 2.58. The number of carbonyl (C=O) groups is 1. The van der Waals surface area contributed by atoms with Crippen LogP contribution in [-0.2, 0) is 29.4 Å². The van der Waals surface area contributed by atoms with Gasteiger partial charge in [-0.25, -0.2) is 4.79 Å². The molecular weight excluding hydrogens is 298 g/mol. The number of nitrogens with zero attached hydrogens (tertiary/aromatic N) is 1. The molecule has 0 aromatic heterocycles. The Kier molecular flexibility index (Phi) is 5.98. The van der Waals surface area contributed by atoms with Gasteiger partial charge in [0.05, 0.1) is 13.2 Å². The van der Waals surface area contributed by atoms with E-state index in [1.54, 1.807) is 6.92 Å². The first-order valence-corrected chi connectivity index (χ1v) is 7.85. The molecule has 0 saturated heterocycles. The average Bonchev–Trinajstić information content (AvgIpc) is 2.96. The van der Waals surface area contributed by atoms with Crippen LogP contribution in [0.3, 0.4) is 0 Å². The maximum Gasteiger partial charge on any atom is 0.354 e. The van der Waals surface area contributed by atoms with Gasteiger partial charge in [0.1, 0.15) is 0 Å². The van der Waals surface area contributed by atoms with E-state index in [-0.39, 0.29) is 12.5 Å². The van der Waals surface area contributed by atoms with Gasteiger partial charge in [0.15, 0.2) is 0 Å². The zero-order valence-electron chi connectivity index (χ0n) is 13.8. The minimum atomic E-state index is -1.23. The standard InChI is InChI=1S/C17H23NO5/c1-4-6-12-22-16-17(20-3,13-10-8-7-9-11-13)14(23-18-16)15(19)21-5-2/h7-11,14H,4-6,12H2,1-3H3. The summed E-state index contributed by atoms with van der Waals surface area (Å²) in [5.41, 5.74) is -0.505. The Morgan fingerprint density at radius 1 is 1.30 bits per heavy atom. The van der Waals surface area contributed by atoms with Crippen LogP contribution in [0.1, 0.15) is 32.3 Å². The lowest BCUT2D eigenvalue weighted by Gasteiger charge is -2.31. The zero-order valence-corrected chi connectivity index (χ0v) is 13.8. The molecule has 2 atom stereocenters. The van der Waals surface area contributed by atoms with Crippen molar-refractivity contribution in [3.63, 3.8) is 0 Å². The van der Waals surface area contributed by atoms with Gasteiger partial charge >= 0.3 is 5.97 Å². The predicted molar refractivity (Wildman–Crippen MR) is 84.9 cm³/mol. The van der Waals surface area contributed by atoms with Gasteiger partial charge in [-0.3, -0.25) is 0 Å². The maximum absolute atomic E-state index is 12.3. The average molecular weight is 321 g/mol. The fourth-order valence-electron chi connectivity index (χ4n) is 2.50. The molecule has 0 bridgehead atoms. The summed E-state index contributed by atoms with van der Waals surface area (Å²) in [5, 5.41) is 3.96. The number of carbonyl (C=O) groups excluding carboxylic acids is 1. The van der Waals surface area contributed by atoms with Crippen LogP contribution >= 0.6 is 0 Å². The molecule has 0 N–H and O–H groups in total. The van der Waals surface area contributed by atoms with Gasteiger partial charge in [-0.05, 0) is 24.1 Å². The SMILES string of the molecule is CCCCOC1=NOC(C(=O)OCC)C1(OC)c1ccccc1. The molecule has 2 rings (SSSR count). The summed E-state index contributed by atoms with van der Waals surface area (Å²) in [7, 11) is 1.51. The van der Waals surface area contributed by atoms with E-state index in [2.05, 4.69) is 12.1 Å². The molecule has 1 heterocycles. The smallest absolute Gasteiger partial charge is 0.354 e. The number of hydrogen-bond donors (Lipinski definition) is 0. The summed E-state index contributed by atoms with van der Waals surface area (Å²) in [6, 6.07) is 9.31. The van der Waals surface area contributed by atoms with Crippen LogP contribution in [0.15, 0.2) is 35.5 Å². The molecule has 0 radical (unpaired) electrons. The highest BCUT2D eigenvalue weighted by atomic mass is 16.7. The van der Waals surface area contributed by atoms with Crippen molar-refractivity contribution in [2.24, 2.45) is 5.16 Å². The van der Waals surface area contributed by atoms with Crippen molar-refractivity contribution in [3.05, 3.63) is 35.9 Å². The Hall–Kier alpha value is -2.08. The second-order valence-corrected chi connectivity index (χ2v) is 5.14. The van der Waals surface area contributed by atoms with E-state index in [4.69, 9.17) is 19.0 Å².